The molecule has 0 unspecified atom stereocenters. The van der Waals surface area contributed by atoms with Crippen LogP contribution in [0.1, 0.15) is 0 Å². The van der Waals surface area contributed by atoms with Crippen LogP contribution < -0.4 is 5.73 Å². The molecule has 2 heterocycles. The Labute approximate surface area is 92.4 Å². The smallest absolute Gasteiger partial charge is 0.0991 e. The number of anilines is 1. The molecule has 4 heteroatoms. The molecule has 0 fully saturated rings. The molecular formula is C12H10N4. The molecule has 16 heavy (non-hydrogen) atoms. The van der Waals surface area contributed by atoms with Gasteiger partial charge in [0.05, 0.1) is 12.0 Å². The summed E-state index contributed by atoms with van der Waals surface area (Å²) in [6.07, 6.45) is 8.98. The van der Waals surface area contributed by atoms with Crippen LogP contribution in [0.5, 0.6) is 0 Å². The Morgan fingerprint density at radius 1 is 1.00 bits per heavy atom. The van der Waals surface area contributed by atoms with E-state index in [1.54, 1.807) is 24.9 Å². The molecule has 0 spiro atoms. The number of hydrogen-bond donors (Lipinski definition) is 1. The summed E-state index contributed by atoms with van der Waals surface area (Å²) in [5.74, 6) is 0. The monoisotopic (exact) mass is 210 g/mol. The molecule has 0 aliphatic rings. The van der Waals surface area contributed by atoms with Gasteiger partial charge in [-0.25, -0.2) is 4.98 Å². The molecule has 0 aliphatic heterocycles. The van der Waals surface area contributed by atoms with E-state index in [0.29, 0.717) is 0 Å². The third-order valence-electron chi connectivity index (χ3n) is 2.61. The normalized spacial score (nSPS) is 10.8. The zero-order chi connectivity index (χ0) is 11.0. The fraction of sp³-hybridized carbons (Fsp3) is 0. The Morgan fingerprint density at radius 2 is 1.94 bits per heavy atom. The van der Waals surface area contributed by atoms with Gasteiger partial charge in [0, 0.05) is 41.2 Å². The summed E-state index contributed by atoms with van der Waals surface area (Å²) in [6.45, 7) is 0. The van der Waals surface area contributed by atoms with Crippen molar-refractivity contribution < 1.29 is 0 Å². The van der Waals surface area contributed by atoms with Crippen LogP contribution in [0, 0.1) is 0 Å². The number of nitrogens with zero attached hydrogens (tertiary/aromatic N) is 3. The third-order valence-corrected chi connectivity index (χ3v) is 2.61. The van der Waals surface area contributed by atoms with Crippen molar-refractivity contribution in [2.75, 3.05) is 5.73 Å². The Bertz CT molecular complexity index is 629. The topological polar surface area (TPSA) is 56.7 Å². The van der Waals surface area contributed by atoms with E-state index in [1.165, 1.54) is 0 Å². The zero-order valence-electron chi connectivity index (χ0n) is 8.54. The maximum atomic E-state index is 5.91. The minimum absolute atomic E-state index is 0.743. The lowest BCUT2D eigenvalue weighted by atomic mass is 10.1. The van der Waals surface area contributed by atoms with Gasteiger partial charge in [-0.2, -0.15) is 0 Å². The molecule has 0 bridgehead atoms. The number of aromatic nitrogens is 3. The van der Waals surface area contributed by atoms with Crippen LogP contribution >= 0.6 is 0 Å². The third kappa shape index (κ3) is 1.24. The van der Waals surface area contributed by atoms with Gasteiger partial charge in [0.1, 0.15) is 0 Å². The molecule has 0 atom stereocenters. The first-order valence-electron chi connectivity index (χ1n) is 4.97. The van der Waals surface area contributed by atoms with Crippen molar-refractivity contribution in [1.82, 2.24) is 14.5 Å². The standard InChI is InChI=1S/C12H10N4/c13-11-1-2-12(16-6-5-15-8-16)9-3-4-14-7-10(9)11/h1-8H,13H2. The van der Waals surface area contributed by atoms with Crippen molar-refractivity contribution >= 4 is 16.5 Å². The number of benzene rings is 1. The van der Waals surface area contributed by atoms with Gasteiger partial charge >= 0.3 is 0 Å². The van der Waals surface area contributed by atoms with Crippen LogP contribution in [0.2, 0.25) is 0 Å². The number of imidazole rings is 1. The number of nitrogen functional groups attached to an aromatic ring is 1. The van der Waals surface area contributed by atoms with E-state index in [0.717, 1.165) is 22.1 Å². The molecular weight excluding hydrogens is 200 g/mol. The number of fused-ring (bicyclic) bond motifs is 1. The molecule has 0 saturated carbocycles. The number of nitrogens with two attached hydrogens (primary N) is 1. The molecule has 3 aromatic rings. The Morgan fingerprint density at radius 3 is 2.75 bits per heavy atom. The molecule has 2 aromatic heterocycles. The van der Waals surface area contributed by atoms with Crippen molar-refractivity contribution in [2.45, 2.75) is 0 Å². The highest BCUT2D eigenvalue weighted by molar-refractivity contribution is 5.97. The van der Waals surface area contributed by atoms with E-state index < -0.39 is 0 Å². The molecule has 0 aliphatic carbocycles. The summed E-state index contributed by atoms with van der Waals surface area (Å²) < 4.78 is 1.96. The lowest BCUT2D eigenvalue weighted by Gasteiger charge is -2.08. The Kier molecular flexibility index (Phi) is 1.86. The highest BCUT2D eigenvalue weighted by Gasteiger charge is 2.04. The fourth-order valence-electron chi connectivity index (χ4n) is 1.82. The van der Waals surface area contributed by atoms with Crippen LogP contribution in [0.25, 0.3) is 16.5 Å². The predicted molar refractivity (Wildman–Crippen MR) is 63.3 cm³/mol. The predicted octanol–water partition coefficient (Wildman–Crippen LogP) is 2.00. The van der Waals surface area contributed by atoms with Gasteiger partial charge < -0.3 is 10.3 Å². The maximum Gasteiger partial charge on any atom is 0.0991 e. The minimum atomic E-state index is 0.743. The molecule has 4 nitrogen and oxygen atoms in total. The number of hydrogen-bond acceptors (Lipinski definition) is 3. The minimum Gasteiger partial charge on any atom is -0.398 e. The van der Waals surface area contributed by atoms with E-state index in [-0.39, 0.29) is 0 Å². The summed E-state index contributed by atoms with van der Waals surface area (Å²) in [5, 5.41) is 2.04. The average molecular weight is 210 g/mol. The van der Waals surface area contributed by atoms with Crippen molar-refractivity contribution in [1.29, 1.82) is 0 Å². The van der Waals surface area contributed by atoms with Crippen LogP contribution in [-0.2, 0) is 0 Å². The summed E-state index contributed by atoms with van der Waals surface area (Å²) in [5.41, 5.74) is 7.72. The summed E-state index contributed by atoms with van der Waals surface area (Å²) >= 11 is 0. The Hall–Kier alpha value is -2.36. The van der Waals surface area contributed by atoms with Gasteiger partial charge in [0.2, 0.25) is 0 Å². The maximum absolute atomic E-state index is 5.91. The molecule has 2 N–H and O–H groups in total. The van der Waals surface area contributed by atoms with E-state index >= 15 is 0 Å². The van der Waals surface area contributed by atoms with E-state index in [1.807, 2.05) is 29.0 Å². The molecule has 1 aromatic carbocycles. The van der Waals surface area contributed by atoms with Crippen LogP contribution in [0.3, 0.4) is 0 Å². The SMILES string of the molecule is Nc1ccc(-n2ccnc2)c2ccncc12. The summed E-state index contributed by atoms with van der Waals surface area (Å²) in [4.78, 5) is 8.14. The second-order valence-corrected chi connectivity index (χ2v) is 3.57. The number of pyridine rings is 1. The lowest BCUT2D eigenvalue weighted by Crippen LogP contribution is -1.95. The molecule has 3 rings (SSSR count). The Balaban J connectivity index is 2.39. The molecule has 0 amide bonds. The van der Waals surface area contributed by atoms with Gasteiger partial charge in [-0.3, -0.25) is 4.98 Å². The zero-order valence-corrected chi connectivity index (χ0v) is 8.54. The second-order valence-electron chi connectivity index (χ2n) is 3.57. The number of rotatable bonds is 1. The lowest BCUT2D eigenvalue weighted by molar-refractivity contribution is 1.07. The average Bonchev–Trinajstić information content (AvgIpc) is 2.83. The van der Waals surface area contributed by atoms with Crippen molar-refractivity contribution in [3.05, 3.63) is 49.3 Å². The quantitative estimate of drug-likeness (QED) is 0.625. The highest BCUT2D eigenvalue weighted by atomic mass is 15.0. The fourth-order valence-corrected chi connectivity index (χ4v) is 1.82. The van der Waals surface area contributed by atoms with Crippen LogP contribution in [0.4, 0.5) is 5.69 Å². The molecule has 0 radical (unpaired) electrons. The van der Waals surface area contributed by atoms with Gasteiger partial charge in [0.15, 0.2) is 0 Å². The van der Waals surface area contributed by atoms with Crippen molar-refractivity contribution in [3.8, 4) is 5.69 Å². The highest BCUT2D eigenvalue weighted by Crippen LogP contribution is 2.25. The first-order chi connectivity index (χ1) is 7.86. The van der Waals surface area contributed by atoms with E-state index in [2.05, 4.69) is 9.97 Å². The summed E-state index contributed by atoms with van der Waals surface area (Å²) in [7, 11) is 0. The van der Waals surface area contributed by atoms with E-state index in [9.17, 15) is 0 Å². The van der Waals surface area contributed by atoms with E-state index in [4.69, 9.17) is 5.73 Å². The van der Waals surface area contributed by atoms with Gasteiger partial charge in [0.25, 0.3) is 0 Å². The van der Waals surface area contributed by atoms with Gasteiger partial charge in [-0.15, -0.1) is 0 Å². The second kappa shape index (κ2) is 3.34. The van der Waals surface area contributed by atoms with Gasteiger partial charge in [-0.05, 0) is 18.2 Å². The summed E-state index contributed by atoms with van der Waals surface area (Å²) in [6, 6.07) is 5.83. The molecule has 0 saturated heterocycles. The first kappa shape index (κ1) is 8.91. The van der Waals surface area contributed by atoms with Gasteiger partial charge in [-0.1, -0.05) is 0 Å². The van der Waals surface area contributed by atoms with Crippen LogP contribution in [0.15, 0.2) is 49.3 Å². The largest absolute Gasteiger partial charge is 0.398 e. The van der Waals surface area contributed by atoms with Crippen molar-refractivity contribution in [3.63, 3.8) is 0 Å². The molecule has 78 valence electrons. The van der Waals surface area contributed by atoms with Crippen molar-refractivity contribution in [2.24, 2.45) is 0 Å². The van der Waals surface area contributed by atoms with Crippen LogP contribution in [-0.4, -0.2) is 14.5 Å². The first-order valence-corrected chi connectivity index (χ1v) is 4.97.